The number of fused-ring (bicyclic) bond motifs is 1. The molecule has 7 nitrogen and oxygen atoms in total. The smallest absolute Gasteiger partial charge is 0.255 e. The van der Waals surface area contributed by atoms with Gasteiger partial charge in [0, 0.05) is 36.8 Å². The molecule has 0 fully saturated rings. The maximum Gasteiger partial charge on any atom is 0.255 e. The van der Waals surface area contributed by atoms with Crippen LogP contribution in [0.4, 0.5) is 11.8 Å². The Morgan fingerprint density at radius 2 is 1.93 bits per heavy atom. The molecule has 0 aliphatic rings. The first-order valence-electron chi connectivity index (χ1n) is 9.66. The van der Waals surface area contributed by atoms with Gasteiger partial charge in [0.2, 0.25) is 5.95 Å². The molecule has 0 saturated carbocycles. The molecule has 29 heavy (non-hydrogen) atoms. The van der Waals surface area contributed by atoms with E-state index < -0.39 is 0 Å². The second-order valence-electron chi connectivity index (χ2n) is 6.62. The van der Waals surface area contributed by atoms with E-state index in [1.165, 1.54) is 0 Å². The summed E-state index contributed by atoms with van der Waals surface area (Å²) >= 11 is 0. The Morgan fingerprint density at radius 3 is 2.76 bits per heavy atom. The van der Waals surface area contributed by atoms with E-state index in [0.717, 1.165) is 29.7 Å². The zero-order chi connectivity index (χ0) is 20.1. The number of carbonyl (C=O) groups excluding carboxylic acids is 1. The fourth-order valence-corrected chi connectivity index (χ4v) is 3.04. The largest absolute Gasteiger partial charge is 0.352 e. The monoisotopic (exact) mass is 386 g/mol. The van der Waals surface area contributed by atoms with E-state index in [1.807, 2.05) is 47.0 Å². The molecule has 146 valence electrons. The number of nitrogens with zero attached hydrogens (tertiary/aromatic N) is 4. The summed E-state index contributed by atoms with van der Waals surface area (Å²) in [5, 5.41) is 6.16. The van der Waals surface area contributed by atoms with E-state index in [0.29, 0.717) is 23.9 Å². The van der Waals surface area contributed by atoms with Crippen LogP contribution in [0.1, 0.15) is 30.1 Å². The molecule has 1 amide bonds. The number of hydrogen-bond donors (Lipinski definition) is 2. The molecule has 1 aromatic carbocycles. The average molecular weight is 386 g/mol. The number of pyridine rings is 1. The number of carbonyl (C=O) groups is 1. The molecule has 7 heteroatoms. The van der Waals surface area contributed by atoms with Gasteiger partial charge in [-0.15, -0.1) is 0 Å². The van der Waals surface area contributed by atoms with Crippen molar-refractivity contribution in [2.75, 3.05) is 11.9 Å². The molecular weight excluding hydrogens is 364 g/mol. The van der Waals surface area contributed by atoms with Crippen molar-refractivity contribution in [2.24, 2.45) is 0 Å². The van der Waals surface area contributed by atoms with E-state index in [4.69, 9.17) is 4.98 Å². The molecule has 0 bridgehead atoms. The molecule has 0 saturated heterocycles. The molecule has 0 aliphatic carbocycles. The highest BCUT2D eigenvalue weighted by molar-refractivity contribution is 5.99. The van der Waals surface area contributed by atoms with Crippen LogP contribution in [0.15, 0.2) is 67.1 Å². The fraction of sp³-hybridized carbons (Fsp3) is 0.182. The third kappa shape index (κ3) is 4.08. The van der Waals surface area contributed by atoms with Gasteiger partial charge in [0.25, 0.3) is 5.91 Å². The number of unbranched alkanes of at least 4 members (excludes halogenated alkanes) is 1. The van der Waals surface area contributed by atoms with E-state index >= 15 is 0 Å². The van der Waals surface area contributed by atoms with Gasteiger partial charge in [-0.2, -0.15) is 0 Å². The zero-order valence-corrected chi connectivity index (χ0v) is 16.2. The van der Waals surface area contributed by atoms with Gasteiger partial charge in [-0.1, -0.05) is 43.7 Å². The minimum Gasteiger partial charge on any atom is -0.352 e. The van der Waals surface area contributed by atoms with Gasteiger partial charge in [0.1, 0.15) is 11.5 Å². The minimum absolute atomic E-state index is 0.157. The first-order valence-corrected chi connectivity index (χ1v) is 9.66. The third-order valence-electron chi connectivity index (χ3n) is 4.56. The van der Waals surface area contributed by atoms with Gasteiger partial charge < -0.3 is 10.6 Å². The van der Waals surface area contributed by atoms with Crippen molar-refractivity contribution in [1.29, 1.82) is 0 Å². The lowest BCUT2D eigenvalue weighted by atomic mass is 10.1. The first kappa shape index (κ1) is 18.6. The summed E-state index contributed by atoms with van der Waals surface area (Å²) in [6.45, 7) is 2.72. The molecule has 0 aliphatic heterocycles. The molecule has 3 heterocycles. The number of amides is 1. The summed E-state index contributed by atoms with van der Waals surface area (Å²) in [7, 11) is 0. The van der Waals surface area contributed by atoms with Crippen LogP contribution in [0.2, 0.25) is 0 Å². The van der Waals surface area contributed by atoms with Crippen LogP contribution in [0, 0.1) is 0 Å². The predicted molar refractivity (Wildman–Crippen MR) is 113 cm³/mol. The van der Waals surface area contributed by atoms with Gasteiger partial charge >= 0.3 is 0 Å². The van der Waals surface area contributed by atoms with Gasteiger partial charge in [0.05, 0.1) is 11.3 Å². The summed E-state index contributed by atoms with van der Waals surface area (Å²) in [6.07, 6.45) is 7.15. The Morgan fingerprint density at radius 1 is 1.07 bits per heavy atom. The van der Waals surface area contributed by atoms with E-state index in [1.54, 1.807) is 24.5 Å². The van der Waals surface area contributed by atoms with Crippen molar-refractivity contribution in [2.45, 2.75) is 19.8 Å². The molecule has 4 aromatic rings. The molecule has 3 aromatic heterocycles. The van der Waals surface area contributed by atoms with E-state index in [-0.39, 0.29) is 5.91 Å². The molecule has 4 rings (SSSR count). The number of anilines is 2. The van der Waals surface area contributed by atoms with Crippen LogP contribution in [-0.2, 0) is 0 Å². The number of aromatic nitrogens is 4. The first-order chi connectivity index (χ1) is 14.3. The van der Waals surface area contributed by atoms with Crippen molar-refractivity contribution >= 4 is 23.3 Å². The van der Waals surface area contributed by atoms with Crippen LogP contribution in [0.3, 0.4) is 0 Å². The average Bonchev–Trinajstić information content (AvgIpc) is 3.24. The minimum atomic E-state index is -0.157. The lowest BCUT2D eigenvalue weighted by Gasteiger charge is -2.13. The summed E-state index contributed by atoms with van der Waals surface area (Å²) in [6, 6.07) is 15.3. The quantitative estimate of drug-likeness (QED) is 0.468. The molecule has 0 atom stereocenters. The highest BCUT2D eigenvalue weighted by Gasteiger charge is 2.15. The lowest BCUT2D eigenvalue weighted by molar-refractivity contribution is 0.0953. The maximum absolute atomic E-state index is 12.6. The van der Waals surface area contributed by atoms with Crippen LogP contribution in [0.25, 0.3) is 16.9 Å². The van der Waals surface area contributed by atoms with Crippen LogP contribution in [0.5, 0.6) is 0 Å². The maximum atomic E-state index is 12.6. The number of nitrogens with one attached hydrogen (secondary N) is 2. The summed E-state index contributed by atoms with van der Waals surface area (Å²) in [5.74, 6) is 0.838. The van der Waals surface area contributed by atoms with Crippen LogP contribution in [-0.4, -0.2) is 31.8 Å². The highest BCUT2D eigenvalue weighted by atomic mass is 16.1. The Bertz CT molecular complexity index is 1120. The molecule has 0 spiro atoms. The van der Waals surface area contributed by atoms with Gasteiger partial charge in [0.15, 0.2) is 0 Å². The van der Waals surface area contributed by atoms with Crippen molar-refractivity contribution in [3.63, 3.8) is 0 Å². The summed E-state index contributed by atoms with van der Waals surface area (Å²) in [4.78, 5) is 26.1. The Balaban J connectivity index is 1.70. The van der Waals surface area contributed by atoms with Crippen molar-refractivity contribution < 1.29 is 4.79 Å². The molecule has 0 unspecified atom stereocenters. The Labute approximate surface area is 168 Å². The molecular formula is C22H22N6O. The second-order valence-corrected chi connectivity index (χ2v) is 6.62. The van der Waals surface area contributed by atoms with Gasteiger partial charge in [-0.25, -0.2) is 15.0 Å². The van der Waals surface area contributed by atoms with Crippen molar-refractivity contribution in [1.82, 2.24) is 24.7 Å². The summed E-state index contributed by atoms with van der Waals surface area (Å²) < 4.78 is 1.83. The van der Waals surface area contributed by atoms with Crippen molar-refractivity contribution in [3.05, 3.63) is 72.7 Å². The highest BCUT2D eigenvalue weighted by Crippen LogP contribution is 2.24. The van der Waals surface area contributed by atoms with Gasteiger partial charge in [-0.05, 0) is 18.6 Å². The predicted octanol–water partition coefficient (Wildman–Crippen LogP) is 4.06. The number of imidazole rings is 1. The zero-order valence-electron chi connectivity index (χ0n) is 16.2. The summed E-state index contributed by atoms with van der Waals surface area (Å²) in [5.41, 5.74) is 3.01. The van der Waals surface area contributed by atoms with Gasteiger partial charge in [-0.3, -0.25) is 9.20 Å². The molecule has 2 N–H and O–H groups in total. The third-order valence-corrected chi connectivity index (χ3v) is 4.56. The lowest BCUT2D eigenvalue weighted by Crippen LogP contribution is -2.25. The van der Waals surface area contributed by atoms with Crippen molar-refractivity contribution in [3.8, 4) is 11.3 Å². The fourth-order valence-electron chi connectivity index (χ4n) is 3.04. The van der Waals surface area contributed by atoms with E-state index in [9.17, 15) is 4.79 Å². The second kappa shape index (κ2) is 8.52. The molecule has 0 radical (unpaired) electrons. The topological polar surface area (TPSA) is 84.2 Å². The van der Waals surface area contributed by atoms with Crippen LogP contribution >= 0.6 is 0 Å². The number of rotatable bonds is 7. The number of benzene rings is 1. The number of hydrogen-bond acceptors (Lipinski definition) is 5. The Hall–Kier alpha value is -3.74. The van der Waals surface area contributed by atoms with Crippen LogP contribution < -0.4 is 10.6 Å². The Kier molecular flexibility index (Phi) is 5.47. The van der Waals surface area contributed by atoms with E-state index in [2.05, 4.69) is 27.5 Å². The normalized spacial score (nSPS) is 10.8. The standard InChI is InChI=1S/C22H22N6O/c1-2-3-11-25-21(29)17-10-7-12-24-20(17)27-22-26-18(16-8-5-4-6-9-16)15-19-23-13-14-28(19)22/h4-10,12-15H,2-3,11H2,1H3,(H,25,29)(H,24,26,27). The SMILES string of the molecule is CCCCNC(=O)c1cccnc1Nc1nc(-c2ccccc2)cc2nccn12.